The first kappa shape index (κ1) is 12.6. The van der Waals surface area contributed by atoms with E-state index in [1.807, 2.05) is 20.8 Å². The summed E-state index contributed by atoms with van der Waals surface area (Å²) in [6.45, 7) is 5.54. The molecule has 0 fully saturated rings. The van der Waals surface area contributed by atoms with Gasteiger partial charge in [0.15, 0.2) is 5.82 Å². The summed E-state index contributed by atoms with van der Waals surface area (Å²) in [7, 11) is 0. The summed E-state index contributed by atoms with van der Waals surface area (Å²) in [6, 6.07) is 0.697. The van der Waals surface area contributed by atoms with Crippen LogP contribution in [0.15, 0.2) is 18.5 Å². The predicted octanol–water partition coefficient (Wildman–Crippen LogP) is 1.53. The van der Waals surface area contributed by atoms with Crippen LogP contribution in [0.4, 0.5) is 10.1 Å². The summed E-state index contributed by atoms with van der Waals surface area (Å²) in [4.78, 5) is 15.3. The summed E-state index contributed by atoms with van der Waals surface area (Å²) in [6.07, 6.45) is 2.44. The molecule has 88 valence electrons. The molecular weight excluding hydrogens is 209 g/mol. The Kier molecular flexibility index (Phi) is 3.59. The van der Waals surface area contributed by atoms with Crippen molar-refractivity contribution in [3.63, 3.8) is 0 Å². The van der Waals surface area contributed by atoms with Crippen molar-refractivity contribution in [2.75, 3.05) is 5.32 Å². The predicted molar refractivity (Wildman–Crippen MR) is 60.3 cm³/mol. The Morgan fingerprint density at radius 2 is 2.19 bits per heavy atom. The van der Waals surface area contributed by atoms with Crippen molar-refractivity contribution >= 4 is 11.6 Å². The molecule has 0 aromatic carbocycles. The van der Waals surface area contributed by atoms with Crippen LogP contribution in [0.5, 0.6) is 0 Å². The highest BCUT2D eigenvalue weighted by Gasteiger charge is 2.27. The number of amides is 1. The first-order valence-corrected chi connectivity index (χ1v) is 4.98. The van der Waals surface area contributed by atoms with Crippen molar-refractivity contribution in [2.24, 2.45) is 11.1 Å². The highest BCUT2D eigenvalue weighted by molar-refractivity contribution is 5.95. The van der Waals surface area contributed by atoms with Gasteiger partial charge in [0.05, 0.1) is 17.9 Å². The SMILES string of the molecule is CC(C)(C)[C@@H](N)C(=O)Nc1ccncc1F. The number of rotatable bonds is 2. The van der Waals surface area contributed by atoms with Gasteiger partial charge in [-0.3, -0.25) is 9.78 Å². The Labute approximate surface area is 94.1 Å². The molecule has 0 saturated heterocycles. The van der Waals surface area contributed by atoms with Crippen molar-refractivity contribution in [1.82, 2.24) is 4.98 Å². The molecule has 4 nitrogen and oxygen atoms in total. The third-order valence-electron chi connectivity index (χ3n) is 2.25. The second kappa shape index (κ2) is 4.57. The average molecular weight is 225 g/mol. The largest absolute Gasteiger partial charge is 0.322 e. The molecule has 1 heterocycles. The van der Waals surface area contributed by atoms with E-state index in [4.69, 9.17) is 5.73 Å². The molecule has 0 spiro atoms. The van der Waals surface area contributed by atoms with E-state index >= 15 is 0 Å². The van der Waals surface area contributed by atoms with Gasteiger partial charge >= 0.3 is 0 Å². The van der Waals surface area contributed by atoms with Crippen molar-refractivity contribution in [3.8, 4) is 0 Å². The number of aromatic nitrogens is 1. The maximum absolute atomic E-state index is 13.2. The number of nitrogens with two attached hydrogens (primary N) is 1. The summed E-state index contributed by atoms with van der Waals surface area (Å²) >= 11 is 0. The van der Waals surface area contributed by atoms with E-state index in [-0.39, 0.29) is 11.1 Å². The van der Waals surface area contributed by atoms with Crippen LogP contribution in [0.25, 0.3) is 0 Å². The molecule has 0 radical (unpaired) electrons. The van der Waals surface area contributed by atoms with Gasteiger partial charge in [-0.15, -0.1) is 0 Å². The van der Waals surface area contributed by atoms with Crippen LogP contribution >= 0.6 is 0 Å². The highest BCUT2D eigenvalue weighted by Crippen LogP contribution is 2.19. The number of hydrogen-bond acceptors (Lipinski definition) is 3. The third-order valence-corrected chi connectivity index (χ3v) is 2.25. The normalized spacial score (nSPS) is 13.3. The Hall–Kier alpha value is -1.49. The number of halogens is 1. The van der Waals surface area contributed by atoms with Gasteiger partial charge in [-0.1, -0.05) is 20.8 Å². The highest BCUT2D eigenvalue weighted by atomic mass is 19.1. The molecule has 0 saturated carbocycles. The molecule has 0 aliphatic heterocycles. The topological polar surface area (TPSA) is 68.0 Å². The maximum Gasteiger partial charge on any atom is 0.241 e. The number of nitrogens with one attached hydrogen (secondary N) is 1. The lowest BCUT2D eigenvalue weighted by Gasteiger charge is -2.25. The Balaban J connectivity index is 2.76. The number of hydrogen-bond donors (Lipinski definition) is 2. The van der Waals surface area contributed by atoms with Crippen LogP contribution in [0, 0.1) is 11.2 Å². The number of carbonyl (C=O) groups excluding carboxylic acids is 1. The van der Waals surface area contributed by atoms with Crippen LogP contribution in [-0.2, 0) is 4.79 Å². The fourth-order valence-corrected chi connectivity index (χ4v) is 1.08. The average Bonchev–Trinajstić information content (AvgIpc) is 2.19. The first-order chi connectivity index (χ1) is 7.32. The van der Waals surface area contributed by atoms with Crippen LogP contribution in [-0.4, -0.2) is 16.9 Å². The fraction of sp³-hybridized carbons (Fsp3) is 0.455. The molecule has 0 unspecified atom stereocenters. The van der Waals surface area contributed by atoms with Gasteiger partial charge in [-0.25, -0.2) is 4.39 Å². The molecule has 1 aromatic heterocycles. The summed E-state index contributed by atoms with van der Waals surface area (Å²) in [5, 5.41) is 2.44. The molecule has 3 N–H and O–H groups in total. The summed E-state index contributed by atoms with van der Waals surface area (Å²) < 4.78 is 13.2. The van der Waals surface area contributed by atoms with Crippen molar-refractivity contribution in [3.05, 3.63) is 24.3 Å². The molecule has 16 heavy (non-hydrogen) atoms. The van der Waals surface area contributed by atoms with Crippen LogP contribution in [0.3, 0.4) is 0 Å². The number of pyridine rings is 1. The van der Waals surface area contributed by atoms with Crippen LogP contribution < -0.4 is 11.1 Å². The number of anilines is 1. The minimum Gasteiger partial charge on any atom is -0.322 e. The second-order valence-electron chi connectivity index (χ2n) is 4.69. The fourth-order valence-electron chi connectivity index (χ4n) is 1.08. The molecular formula is C11H16FN3O. The second-order valence-corrected chi connectivity index (χ2v) is 4.69. The minimum absolute atomic E-state index is 0.0969. The maximum atomic E-state index is 13.2. The van der Waals surface area contributed by atoms with E-state index in [9.17, 15) is 9.18 Å². The van der Waals surface area contributed by atoms with Gasteiger partial charge in [0.1, 0.15) is 0 Å². The Bertz CT molecular complexity index is 387. The molecule has 5 heteroatoms. The van der Waals surface area contributed by atoms with Gasteiger partial charge in [0, 0.05) is 6.20 Å². The van der Waals surface area contributed by atoms with Gasteiger partial charge in [-0.05, 0) is 11.5 Å². The monoisotopic (exact) mass is 225 g/mol. The first-order valence-electron chi connectivity index (χ1n) is 4.98. The van der Waals surface area contributed by atoms with E-state index in [0.29, 0.717) is 0 Å². The molecule has 1 atom stereocenters. The molecule has 0 aliphatic rings. The van der Waals surface area contributed by atoms with Gasteiger partial charge in [-0.2, -0.15) is 0 Å². The zero-order valence-corrected chi connectivity index (χ0v) is 9.62. The molecule has 0 aliphatic carbocycles. The number of carbonyl (C=O) groups is 1. The Morgan fingerprint density at radius 3 is 2.69 bits per heavy atom. The van der Waals surface area contributed by atoms with E-state index in [1.165, 1.54) is 12.3 Å². The standard InChI is InChI=1S/C11H16FN3O/c1-11(2,3)9(13)10(16)15-8-4-5-14-6-7(8)12/h4-6,9H,13H2,1-3H3,(H,14,15,16)/t9-/m0/s1. The van der Waals surface area contributed by atoms with Crippen molar-refractivity contribution in [1.29, 1.82) is 0 Å². The lowest BCUT2D eigenvalue weighted by molar-refractivity contribution is -0.119. The van der Waals surface area contributed by atoms with Gasteiger partial charge in [0.25, 0.3) is 0 Å². The molecule has 1 rings (SSSR count). The number of nitrogens with zero attached hydrogens (tertiary/aromatic N) is 1. The third kappa shape index (κ3) is 3.00. The lowest BCUT2D eigenvalue weighted by atomic mass is 9.87. The summed E-state index contributed by atoms with van der Waals surface area (Å²) in [5.74, 6) is -0.977. The van der Waals surface area contributed by atoms with E-state index in [0.717, 1.165) is 6.20 Å². The molecule has 1 aromatic rings. The van der Waals surface area contributed by atoms with Crippen molar-refractivity contribution < 1.29 is 9.18 Å². The van der Waals surface area contributed by atoms with E-state index < -0.39 is 17.8 Å². The smallest absolute Gasteiger partial charge is 0.241 e. The molecule has 1 amide bonds. The lowest BCUT2D eigenvalue weighted by Crippen LogP contribution is -2.45. The van der Waals surface area contributed by atoms with Gasteiger partial charge in [0.2, 0.25) is 5.91 Å². The van der Waals surface area contributed by atoms with Gasteiger partial charge < -0.3 is 11.1 Å². The van der Waals surface area contributed by atoms with Crippen LogP contribution in [0.2, 0.25) is 0 Å². The zero-order chi connectivity index (χ0) is 12.3. The molecule has 0 bridgehead atoms. The summed E-state index contributed by atoms with van der Waals surface area (Å²) in [5.41, 5.74) is 5.47. The minimum atomic E-state index is -0.694. The van der Waals surface area contributed by atoms with E-state index in [1.54, 1.807) is 0 Å². The van der Waals surface area contributed by atoms with Crippen molar-refractivity contribution in [2.45, 2.75) is 26.8 Å². The van der Waals surface area contributed by atoms with E-state index in [2.05, 4.69) is 10.3 Å². The van der Waals surface area contributed by atoms with Crippen LogP contribution in [0.1, 0.15) is 20.8 Å². The Morgan fingerprint density at radius 1 is 1.56 bits per heavy atom. The quantitative estimate of drug-likeness (QED) is 0.802. The zero-order valence-electron chi connectivity index (χ0n) is 9.62.